The normalized spacial score (nSPS) is 11.1. The Labute approximate surface area is 125 Å². The molecule has 106 valence electrons. The van der Waals surface area contributed by atoms with E-state index < -0.39 is 0 Å². The number of nitrogens with zero attached hydrogens (tertiary/aromatic N) is 3. The van der Waals surface area contributed by atoms with Crippen molar-refractivity contribution < 1.29 is 4.92 Å². The van der Waals surface area contributed by atoms with Gasteiger partial charge < -0.3 is 4.40 Å². The Balaban J connectivity index is 2.15. The lowest BCUT2D eigenvalue weighted by Crippen LogP contribution is -1.92. The number of hydrogen-bond acceptors (Lipinski definition) is 3. The summed E-state index contributed by atoms with van der Waals surface area (Å²) in [5, 5.41) is 11.6. The molecule has 5 nitrogen and oxygen atoms in total. The second-order valence-corrected chi connectivity index (χ2v) is 5.02. The van der Waals surface area contributed by atoms with Gasteiger partial charge in [-0.05, 0) is 17.7 Å². The predicted octanol–water partition coefficient (Wildman–Crippen LogP) is 4.06. The van der Waals surface area contributed by atoms with Crippen LogP contribution >= 0.6 is 0 Å². The maximum Gasteiger partial charge on any atom is 0.304 e. The molecule has 0 unspecified atom stereocenters. The van der Waals surface area contributed by atoms with Gasteiger partial charge in [0.15, 0.2) is 0 Å². The third-order valence-corrected chi connectivity index (χ3v) is 3.75. The summed E-state index contributed by atoms with van der Waals surface area (Å²) < 4.78 is 1.84. The van der Waals surface area contributed by atoms with Gasteiger partial charge in [-0.3, -0.25) is 15.1 Å². The number of aromatic nitrogens is 2. The molecule has 0 spiro atoms. The van der Waals surface area contributed by atoms with Gasteiger partial charge in [-0.1, -0.05) is 42.5 Å². The maximum absolute atomic E-state index is 11.6. The van der Waals surface area contributed by atoms with Crippen molar-refractivity contribution in [1.29, 1.82) is 0 Å². The van der Waals surface area contributed by atoms with E-state index in [4.69, 9.17) is 0 Å². The first-order chi connectivity index (χ1) is 10.8. The Morgan fingerprint density at radius 3 is 2.45 bits per heavy atom. The average Bonchev–Trinajstić information content (AvgIpc) is 2.96. The van der Waals surface area contributed by atoms with Crippen molar-refractivity contribution in [3.63, 3.8) is 0 Å². The van der Waals surface area contributed by atoms with Crippen LogP contribution in [0.25, 0.3) is 27.7 Å². The van der Waals surface area contributed by atoms with Crippen LogP contribution < -0.4 is 0 Å². The van der Waals surface area contributed by atoms with Gasteiger partial charge in [0.25, 0.3) is 0 Å². The molecule has 2 aromatic heterocycles. The molecule has 0 saturated carbocycles. The molecule has 2 aromatic carbocycles. The summed E-state index contributed by atoms with van der Waals surface area (Å²) in [6.07, 6.45) is 3.37. The lowest BCUT2D eigenvalue weighted by molar-refractivity contribution is -0.382. The van der Waals surface area contributed by atoms with Gasteiger partial charge >= 0.3 is 5.69 Å². The van der Waals surface area contributed by atoms with Crippen molar-refractivity contribution in [2.45, 2.75) is 0 Å². The Morgan fingerprint density at radius 1 is 0.955 bits per heavy atom. The van der Waals surface area contributed by atoms with Crippen molar-refractivity contribution in [1.82, 2.24) is 9.38 Å². The van der Waals surface area contributed by atoms with E-state index in [1.807, 2.05) is 65.2 Å². The fourth-order valence-corrected chi connectivity index (χ4v) is 2.76. The summed E-state index contributed by atoms with van der Waals surface area (Å²) in [6, 6.07) is 17.0. The molecule has 0 aliphatic rings. The van der Waals surface area contributed by atoms with Crippen molar-refractivity contribution in [3.05, 3.63) is 77.1 Å². The Hall–Kier alpha value is -3.21. The van der Waals surface area contributed by atoms with Gasteiger partial charge in [-0.15, -0.1) is 0 Å². The van der Waals surface area contributed by atoms with Gasteiger partial charge in [0.1, 0.15) is 5.52 Å². The van der Waals surface area contributed by atoms with Crippen LogP contribution in [0.15, 0.2) is 67.0 Å². The van der Waals surface area contributed by atoms with Gasteiger partial charge in [-0.2, -0.15) is 0 Å². The quantitative estimate of drug-likeness (QED) is 0.413. The lowest BCUT2D eigenvalue weighted by Gasteiger charge is -2.00. The summed E-state index contributed by atoms with van der Waals surface area (Å²) in [6.45, 7) is 0. The molecule has 5 heteroatoms. The van der Waals surface area contributed by atoms with Gasteiger partial charge in [0.05, 0.1) is 27.7 Å². The zero-order chi connectivity index (χ0) is 15.1. The highest BCUT2D eigenvalue weighted by Crippen LogP contribution is 2.36. The number of fused-ring (bicyclic) bond motifs is 3. The third-order valence-electron chi connectivity index (χ3n) is 3.75. The minimum atomic E-state index is -0.339. The predicted molar refractivity (Wildman–Crippen MR) is 84.8 cm³/mol. The van der Waals surface area contributed by atoms with Gasteiger partial charge in [-0.25, -0.2) is 0 Å². The number of rotatable bonds is 2. The van der Waals surface area contributed by atoms with Crippen molar-refractivity contribution in [2.24, 2.45) is 0 Å². The monoisotopic (exact) mass is 289 g/mol. The van der Waals surface area contributed by atoms with Gasteiger partial charge in [0.2, 0.25) is 0 Å². The smallest absolute Gasteiger partial charge is 0.304 e. The van der Waals surface area contributed by atoms with Crippen LogP contribution in [0.2, 0.25) is 0 Å². The lowest BCUT2D eigenvalue weighted by atomic mass is 10.1. The van der Waals surface area contributed by atoms with E-state index in [-0.39, 0.29) is 10.6 Å². The molecule has 4 aromatic rings. The van der Waals surface area contributed by atoms with Gasteiger partial charge in [0, 0.05) is 6.20 Å². The second kappa shape index (κ2) is 4.66. The molecule has 0 aliphatic carbocycles. The zero-order valence-corrected chi connectivity index (χ0v) is 11.5. The SMILES string of the molecule is O=[N+]([O-])c1c(-c2ccccc2)cn2c1cnc1ccccc12. The molecular formula is C17H11N3O2. The number of nitro groups is 1. The van der Waals surface area contributed by atoms with Crippen LogP contribution in [-0.2, 0) is 0 Å². The van der Waals surface area contributed by atoms with E-state index in [1.165, 1.54) is 0 Å². The summed E-state index contributed by atoms with van der Waals surface area (Å²) in [5.41, 5.74) is 3.67. The first-order valence-electron chi connectivity index (χ1n) is 6.84. The van der Waals surface area contributed by atoms with E-state index in [0.717, 1.165) is 16.6 Å². The molecule has 0 atom stereocenters. The molecule has 22 heavy (non-hydrogen) atoms. The topological polar surface area (TPSA) is 60.4 Å². The van der Waals surface area contributed by atoms with Crippen LogP contribution in [0.3, 0.4) is 0 Å². The molecule has 0 bridgehead atoms. The fourth-order valence-electron chi connectivity index (χ4n) is 2.76. The first kappa shape index (κ1) is 12.5. The second-order valence-electron chi connectivity index (χ2n) is 5.02. The van der Waals surface area contributed by atoms with E-state index >= 15 is 0 Å². The minimum absolute atomic E-state index is 0.0875. The van der Waals surface area contributed by atoms with E-state index in [2.05, 4.69) is 4.98 Å². The standard InChI is InChI=1S/C17H11N3O2/c21-20(22)17-13(12-6-2-1-3-7-12)11-19-15-9-5-4-8-14(15)18-10-16(17)19/h1-11H. The summed E-state index contributed by atoms with van der Waals surface area (Å²) >= 11 is 0. The molecule has 0 aliphatic heterocycles. The van der Waals surface area contributed by atoms with E-state index in [1.54, 1.807) is 6.20 Å². The Kier molecular flexibility index (Phi) is 2.66. The Bertz CT molecular complexity index is 1010. The van der Waals surface area contributed by atoms with E-state index in [9.17, 15) is 10.1 Å². The third kappa shape index (κ3) is 1.76. The maximum atomic E-state index is 11.6. The highest BCUT2D eigenvalue weighted by Gasteiger charge is 2.23. The molecule has 0 saturated heterocycles. The van der Waals surface area contributed by atoms with Crippen molar-refractivity contribution in [2.75, 3.05) is 0 Å². The zero-order valence-electron chi connectivity index (χ0n) is 11.5. The number of hydrogen-bond donors (Lipinski definition) is 0. The molecule has 0 fully saturated rings. The van der Waals surface area contributed by atoms with Crippen molar-refractivity contribution >= 4 is 22.2 Å². The van der Waals surface area contributed by atoms with Crippen molar-refractivity contribution in [3.8, 4) is 11.1 Å². The highest BCUT2D eigenvalue weighted by molar-refractivity contribution is 5.89. The van der Waals surface area contributed by atoms with Crippen LogP contribution in [0.4, 0.5) is 5.69 Å². The average molecular weight is 289 g/mol. The van der Waals surface area contributed by atoms with Crippen LogP contribution in [-0.4, -0.2) is 14.3 Å². The minimum Gasteiger partial charge on any atom is -0.307 e. The van der Waals surface area contributed by atoms with E-state index in [0.29, 0.717) is 11.1 Å². The largest absolute Gasteiger partial charge is 0.307 e. The molecule has 0 N–H and O–H groups in total. The number of benzene rings is 2. The van der Waals surface area contributed by atoms with Crippen LogP contribution in [0.5, 0.6) is 0 Å². The molecule has 0 radical (unpaired) electrons. The Morgan fingerprint density at radius 2 is 1.68 bits per heavy atom. The highest BCUT2D eigenvalue weighted by atomic mass is 16.6. The number of para-hydroxylation sites is 2. The molecular weight excluding hydrogens is 278 g/mol. The van der Waals surface area contributed by atoms with Crippen LogP contribution in [0, 0.1) is 10.1 Å². The summed E-state index contributed by atoms with van der Waals surface area (Å²) in [5.74, 6) is 0. The molecule has 4 rings (SSSR count). The molecule has 0 amide bonds. The molecule has 2 heterocycles. The summed E-state index contributed by atoms with van der Waals surface area (Å²) in [7, 11) is 0. The first-order valence-corrected chi connectivity index (χ1v) is 6.84. The summed E-state index contributed by atoms with van der Waals surface area (Å²) in [4.78, 5) is 15.6. The fraction of sp³-hybridized carbons (Fsp3) is 0. The van der Waals surface area contributed by atoms with Crippen LogP contribution in [0.1, 0.15) is 0 Å².